The van der Waals surface area contributed by atoms with Gasteiger partial charge in [0.25, 0.3) is 0 Å². The normalized spacial score (nSPS) is 28.4. The first-order valence-electron chi connectivity index (χ1n) is 2.32. The minimum absolute atomic E-state index is 0.157. The third-order valence-electron chi connectivity index (χ3n) is 0.866. The van der Waals surface area contributed by atoms with Crippen molar-refractivity contribution in [1.82, 2.24) is 0 Å². The van der Waals surface area contributed by atoms with Crippen LogP contribution >= 0.6 is 0 Å². The van der Waals surface area contributed by atoms with E-state index in [1.165, 1.54) is 0 Å². The molecular formula is C5H8N2. The lowest BCUT2D eigenvalue weighted by molar-refractivity contribution is 0.820. The molecule has 0 aromatic heterocycles. The Balaban J connectivity index is 2.49. The largest absolute Gasteiger partial charge is 0.323 e. The summed E-state index contributed by atoms with van der Waals surface area (Å²) in [6.45, 7) is 0.747. The van der Waals surface area contributed by atoms with Crippen LogP contribution in [0.1, 0.15) is 0 Å². The fourth-order valence-corrected chi connectivity index (χ4v) is 0.497. The van der Waals surface area contributed by atoms with Crippen molar-refractivity contribution in [2.45, 2.75) is 6.04 Å². The van der Waals surface area contributed by atoms with Gasteiger partial charge in [-0.1, -0.05) is 6.08 Å². The summed E-state index contributed by atoms with van der Waals surface area (Å²) in [5.74, 6) is 0. The lowest BCUT2D eigenvalue weighted by Crippen LogP contribution is -2.21. The quantitative estimate of drug-likeness (QED) is 0.451. The Morgan fingerprint density at radius 1 is 1.71 bits per heavy atom. The van der Waals surface area contributed by atoms with E-state index in [2.05, 4.69) is 4.99 Å². The number of nitrogens with zero attached hydrogens (tertiary/aromatic N) is 1. The van der Waals surface area contributed by atoms with Gasteiger partial charge in [-0.15, -0.1) is 0 Å². The van der Waals surface area contributed by atoms with E-state index in [9.17, 15) is 0 Å². The molecule has 2 heteroatoms. The van der Waals surface area contributed by atoms with Gasteiger partial charge in [0.15, 0.2) is 0 Å². The number of hydrogen-bond acceptors (Lipinski definition) is 2. The molecule has 2 N–H and O–H groups in total. The van der Waals surface area contributed by atoms with E-state index in [1.807, 2.05) is 12.2 Å². The fraction of sp³-hybridized carbons (Fsp3) is 0.400. The molecule has 1 atom stereocenters. The first kappa shape index (κ1) is 4.53. The Morgan fingerprint density at radius 3 is 2.86 bits per heavy atom. The molecule has 0 amide bonds. The minimum Gasteiger partial charge on any atom is -0.323 e. The molecular weight excluding hydrogens is 88.1 g/mol. The smallest absolute Gasteiger partial charge is 0.0576 e. The van der Waals surface area contributed by atoms with Crippen LogP contribution in [0.15, 0.2) is 17.1 Å². The Kier molecular flexibility index (Phi) is 1.22. The van der Waals surface area contributed by atoms with Gasteiger partial charge in [-0.25, -0.2) is 0 Å². The van der Waals surface area contributed by atoms with Gasteiger partial charge in [-0.05, 0) is 6.08 Å². The Morgan fingerprint density at radius 2 is 2.57 bits per heavy atom. The second-order valence-corrected chi connectivity index (χ2v) is 1.56. The maximum Gasteiger partial charge on any atom is 0.0576 e. The zero-order chi connectivity index (χ0) is 5.11. The van der Waals surface area contributed by atoms with Crippen molar-refractivity contribution in [3.05, 3.63) is 12.2 Å². The molecule has 0 spiro atoms. The molecule has 1 rings (SSSR count). The lowest BCUT2D eigenvalue weighted by atomic mass is 10.2. The third kappa shape index (κ3) is 1.12. The Hall–Kier alpha value is -0.630. The van der Waals surface area contributed by atoms with Crippen LogP contribution in [0.2, 0.25) is 0 Å². The van der Waals surface area contributed by atoms with E-state index in [-0.39, 0.29) is 6.04 Å². The highest BCUT2D eigenvalue weighted by Gasteiger charge is 1.94. The van der Waals surface area contributed by atoms with E-state index >= 15 is 0 Å². The molecule has 1 heterocycles. The summed E-state index contributed by atoms with van der Waals surface area (Å²) >= 11 is 0. The zero-order valence-electron chi connectivity index (χ0n) is 4.04. The molecule has 1 unspecified atom stereocenters. The predicted octanol–water partition coefficient (Wildman–Crippen LogP) is -0.0457. The van der Waals surface area contributed by atoms with Crippen molar-refractivity contribution in [3.8, 4) is 0 Å². The number of hydrogen-bond donors (Lipinski definition) is 1. The lowest BCUT2D eigenvalue weighted by Gasteiger charge is -2.02. The second kappa shape index (κ2) is 1.89. The van der Waals surface area contributed by atoms with Crippen LogP contribution in [0.25, 0.3) is 0 Å². The van der Waals surface area contributed by atoms with Gasteiger partial charge in [-0.3, -0.25) is 4.99 Å². The van der Waals surface area contributed by atoms with Crippen molar-refractivity contribution in [3.63, 3.8) is 0 Å². The summed E-state index contributed by atoms with van der Waals surface area (Å²) in [4.78, 5) is 3.92. The van der Waals surface area contributed by atoms with E-state index in [4.69, 9.17) is 5.73 Å². The summed E-state index contributed by atoms with van der Waals surface area (Å²) in [5.41, 5.74) is 5.43. The van der Waals surface area contributed by atoms with Crippen LogP contribution in [0.4, 0.5) is 0 Å². The van der Waals surface area contributed by atoms with Crippen molar-refractivity contribution in [2.75, 3.05) is 6.54 Å². The maximum atomic E-state index is 5.43. The average Bonchev–Trinajstić information content (AvgIpc) is 1.69. The molecule has 0 saturated carbocycles. The summed E-state index contributed by atoms with van der Waals surface area (Å²) in [5, 5.41) is 0. The van der Waals surface area contributed by atoms with Gasteiger partial charge < -0.3 is 5.73 Å². The molecule has 0 fully saturated rings. The van der Waals surface area contributed by atoms with Crippen LogP contribution in [0.5, 0.6) is 0 Å². The molecule has 0 saturated heterocycles. The maximum absolute atomic E-state index is 5.43. The van der Waals surface area contributed by atoms with Crippen LogP contribution in [0.3, 0.4) is 0 Å². The molecule has 0 aliphatic carbocycles. The third-order valence-corrected chi connectivity index (χ3v) is 0.866. The molecule has 0 aromatic carbocycles. The number of rotatable bonds is 0. The minimum atomic E-state index is 0.157. The average molecular weight is 96.1 g/mol. The topological polar surface area (TPSA) is 38.4 Å². The van der Waals surface area contributed by atoms with Crippen molar-refractivity contribution >= 4 is 6.21 Å². The first-order chi connectivity index (χ1) is 3.39. The summed E-state index contributed by atoms with van der Waals surface area (Å²) in [7, 11) is 0. The number of aliphatic imine (C=N–C) groups is 1. The molecule has 1 aliphatic rings. The van der Waals surface area contributed by atoms with Crippen LogP contribution < -0.4 is 5.73 Å². The highest BCUT2D eigenvalue weighted by molar-refractivity contribution is 5.72. The highest BCUT2D eigenvalue weighted by Crippen LogP contribution is 1.87. The van der Waals surface area contributed by atoms with Gasteiger partial charge in [-0.2, -0.15) is 0 Å². The molecule has 38 valence electrons. The van der Waals surface area contributed by atoms with Gasteiger partial charge in [0.2, 0.25) is 0 Å². The van der Waals surface area contributed by atoms with Crippen molar-refractivity contribution in [2.24, 2.45) is 10.7 Å². The molecule has 0 aromatic rings. The van der Waals surface area contributed by atoms with E-state index in [0.717, 1.165) is 6.54 Å². The number of allylic oxidation sites excluding steroid dienone is 1. The standard InChI is InChI=1S/C5H8N2/c6-5-2-1-3-7-4-5/h1-3,5H,4,6H2. The monoisotopic (exact) mass is 96.1 g/mol. The molecule has 7 heavy (non-hydrogen) atoms. The van der Waals surface area contributed by atoms with E-state index in [1.54, 1.807) is 6.21 Å². The van der Waals surface area contributed by atoms with Crippen molar-refractivity contribution < 1.29 is 0 Å². The second-order valence-electron chi connectivity index (χ2n) is 1.56. The van der Waals surface area contributed by atoms with Gasteiger partial charge in [0.05, 0.1) is 6.54 Å². The Bertz CT molecular complexity index is 105. The van der Waals surface area contributed by atoms with Crippen LogP contribution in [0, 0.1) is 0 Å². The fourth-order valence-electron chi connectivity index (χ4n) is 0.497. The van der Waals surface area contributed by atoms with Crippen molar-refractivity contribution in [1.29, 1.82) is 0 Å². The first-order valence-corrected chi connectivity index (χ1v) is 2.32. The predicted molar refractivity (Wildman–Crippen MR) is 30.5 cm³/mol. The van der Waals surface area contributed by atoms with Crippen LogP contribution in [-0.2, 0) is 0 Å². The number of nitrogens with two attached hydrogens (primary N) is 1. The zero-order valence-corrected chi connectivity index (χ0v) is 4.04. The van der Waals surface area contributed by atoms with E-state index in [0.29, 0.717) is 0 Å². The highest BCUT2D eigenvalue weighted by atomic mass is 14.8. The SMILES string of the molecule is NC1C=CC=NC1. The van der Waals surface area contributed by atoms with Crippen LogP contribution in [-0.4, -0.2) is 18.8 Å². The Labute approximate surface area is 42.7 Å². The van der Waals surface area contributed by atoms with Gasteiger partial charge in [0, 0.05) is 12.3 Å². The van der Waals surface area contributed by atoms with Gasteiger partial charge >= 0.3 is 0 Å². The molecule has 2 nitrogen and oxygen atoms in total. The van der Waals surface area contributed by atoms with Gasteiger partial charge in [0.1, 0.15) is 0 Å². The van der Waals surface area contributed by atoms with E-state index < -0.39 is 0 Å². The molecule has 1 aliphatic heterocycles. The number of dihydropyridines is 1. The summed E-state index contributed by atoms with van der Waals surface area (Å²) < 4.78 is 0. The summed E-state index contributed by atoms with van der Waals surface area (Å²) in [6, 6.07) is 0.157. The summed E-state index contributed by atoms with van der Waals surface area (Å²) in [6.07, 6.45) is 5.57. The molecule has 0 radical (unpaired) electrons. The molecule has 0 bridgehead atoms.